The van der Waals surface area contributed by atoms with Gasteiger partial charge in [0.25, 0.3) is 0 Å². The van der Waals surface area contributed by atoms with Crippen molar-refractivity contribution in [1.29, 1.82) is 0 Å². The molecule has 1 unspecified atom stereocenters. The number of carboxylic acid groups (broad SMARTS) is 1. The number of carboxylic acids is 1. The molecule has 1 aliphatic heterocycles. The van der Waals surface area contributed by atoms with E-state index in [9.17, 15) is 18.4 Å². The van der Waals surface area contributed by atoms with Gasteiger partial charge < -0.3 is 15.3 Å². The minimum Gasteiger partial charge on any atom is -0.481 e. The molecule has 1 heterocycles. The third kappa shape index (κ3) is 2.98. The fourth-order valence-corrected chi connectivity index (χ4v) is 1.93. The van der Waals surface area contributed by atoms with Gasteiger partial charge in [0.2, 0.25) is 0 Å². The summed E-state index contributed by atoms with van der Waals surface area (Å²) in [4.78, 5) is 23.8. The van der Waals surface area contributed by atoms with Crippen molar-refractivity contribution in [3.63, 3.8) is 0 Å². The number of benzene rings is 1. The molecule has 0 aliphatic carbocycles. The Bertz CT molecular complexity index is 522. The molecule has 1 aromatic carbocycles. The van der Waals surface area contributed by atoms with Crippen LogP contribution in [0.1, 0.15) is 6.42 Å². The molecule has 2 N–H and O–H groups in total. The number of hydrogen-bond donors (Lipinski definition) is 2. The minimum absolute atomic E-state index is 0.0676. The molecular formula is C12H12F2N2O3. The Hall–Kier alpha value is -2.18. The van der Waals surface area contributed by atoms with Gasteiger partial charge in [0.05, 0.1) is 11.6 Å². The topological polar surface area (TPSA) is 69.6 Å². The van der Waals surface area contributed by atoms with E-state index in [4.69, 9.17) is 5.11 Å². The van der Waals surface area contributed by atoms with Gasteiger partial charge in [0.1, 0.15) is 11.6 Å². The van der Waals surface area contributed by atoms with Crippen LogP contribution in [0.25, 0.3) is 0 Å². The lowest BCUT2D eigenvalue weighted by atomic mass is 10.1. The van der Waals surface area contributed by atoms with E-state index in [0.29, 0.717) is 6.42 Å². The number of halogens is 2. The fourth-order valence-electron chi connectivity index (χ4n) is 1.93. The second kappa shape index (κ2) is 5.21. The third-order valence-corrected chi connectivity index (χ3v) is 2.99. The Morgan fingerprint density at radius 3 is 2.74 bits per heavy atom. The zero-order chi connectivity index (χ0) is 14.0. The largest absolute Gasteiger partial charge is 0.481 e. The van der Waals surface area contributed by atoms with E-state index < -0.39 is 29.6 Å². The van der Waals surface area contributed by atoms with E-state index >= 15 is 0 Å². The maximum atomic E-state index is 13.3. The lowest BCUT2D eigenvalue weighted by Crippen LogP contribution is -2.34. The quantitative estimate of drug-likeness (QED) is 0.862. The molecule has 0 radical (unpaired) electrons. The number of likely N-dealkylation sites (tertiary alicyclic amines) is 1. The highest BCUT2D eigenvalue weighted by molar-refractivity contribution is 5.90. The lowest BCUT2D eigenvalue weighted by Gasteiger charge is -2.17. The predicted molar refractivity (Wildman–Crippen MR) is 62.7 cm³/mol. The van der Waals surface area contributed by atoms with E-state index in [-0.39, 0.29) is 18.8 Å². The molecule has 0 bridgehead atoms. The highest BCUT2D eigenvalue weighted by Gasteiger charge is 2.31. The Balaban J connectivity index is 2.02. The Morgan fingerprint density at radius 2 is 2.11 bits per heavy atom. The lowest BCUT2D eigenvalue weighted by molar-refractivity contribution is -0.141. The van der Waals surface area contributed by atoms with Crippen LogP contribution in [0.2, 0.25) is 0 Å². The number of nitrogens with one attached hydrogen (secondary N) is 1. The number of urea groups is 1. The number of carbonyl (C=O) groups is 2. The van der Waals surface area contributed by atoms with E-state index in [0.717, 1.165) is 18.2 Å². The monoisotopic (exact) mass is 270 g/mol. The van der Waals surface area contributed by atoms with Crippen LogP contribution >= 0.6 is 0 Å². The smallest absolute Gasteiger partial charge is 0.321 e. The molecule has 2 amide bonds. The van der Waals surface area contributed by atoms with Crippen molar-refractivity contribution < 1.29 is 23.5 Å². The summed E-state index contributed by atoms with van der Waals surface area (Å²) in [6.45, 7) is 0.345. The summed E-state index contributed by atoms with van der Waals surface area (Å²) in [6, 6.07) is 2.10. The first-order valence-electron chi connectivity index (χ1n) is 5.71. The van der Waals surface area contributed by atoms with E-state index in [1.165, 1.54) is 4.90 Å². The highest BCUT2D eigenvalue weighted by atomic mass is 19.1. The first kappa shape index (κ1) is 13.3. The highest BCUT2D eigenvalue weighted by Crippen LogP contribution is 2.20. The molecule has 1 atom stereocenters. The van der Waals surface area contributed by atoms with Crippen LogP contribution in [0.4, 0.5) is 19.3 Å². The van der Waals surface area contributed by atoms with Crippen molar-refractivity contribution in [1.82, 2.24) is 4.90 Å². The summed E-state index contributed by atoms with van der Waals surface area (Å²) in [5.41, 5.74) is -0.260. The summed E-state index contributed by atoms with van der Waals surface area (Å²) in [5.74, 6) is -2.99. The second-order valence-electron chi connectivity index (χ2n) is 4.32. The van der Waals surface area contributed by atoms with Gasteiger partial charge >= 0.3 is 12.0 Å². The summed E-state index contributed by atoms with van der Waals surface area (Å²) in [7, 11) is 0. The zero-order valence-corrected chi connectivity index (χ0v) is 9.90. The van der Waals surface area contributed by atoms with Crippen molar-refractivity contribution in [3.05, 3.63) is 29.8 Å². The van der Waals surface area contributed by atoms with Crippen LogP contribution < -0.4 is 5.32 Å². The van der Waals surface area contributed by atoms with Crippen LogP contribution in [0.5, 0.6) is 0 Å². The summed E-state index contributed by atoms with van der Waals surface area (Å²) in [6.07, 6.45) is 0.356. The molecule has 1 saturated heterocycles. The van der Waals surface area contributed by atoms with Gasteiger partial charge in [-0.15, -0.1) is 0 Å². The van der Waals surface area contributed by atoms with Gasteiger partial charge in [0, 0.05) is 19.2 Å². The number of anilines is 1. The average Bonchev–Trinajstić information content (AvgIpc) is 2.83. The van der Waals surface area contributed by atoms with Crippen LogP contribution in [0.3, 0.4) is 0 Å². The molecular weight excluding hydrogens is 258 g/mol. The number of aliphatic carboxylic acids is 1. The normalized spacial score (nSPS) is 18.4. The predicted octanol–water partition coefficient (Wildman–Crippen LogP) is 1.90. The summed E-state index contributed by atoms with van der Waals surface area (Å²) < 4.78 is 26.3. The zero-order valence-electron chi connectivity index (χ0n) is 9.90. The first-order chi connectivity index (χ1) is 8.97. The molecule has 0 saturated carbocycles. The van der Waals surface area contributed by atoms with Gasteiger partial charge in [-0.25, -0.2) is 13.6 Å². The molecule has 19 heavy (non-hydrogen) atoms. The molecule has 7 heteroatoms. The summed E-state index contributed by atoms with van der Waals surface area (Å²) in [5, 5.41) is 11.0. The SMILES string of the molecule is O=C(O)C1CCN(C(=O)Nc2cc(F)ccc2F)C1. The molecule has 102 valence electrons. The van der Waals surface area contributed by atoms with Crippen molar-refractivity contribution in [3.8, 4) is 0 Å². The van der Waals surface area contributed by atoms with Crippen LogP contribution in [-0.4, -0.2) is 35.1 Å². The molecule has 1 fully saturated rings. The van der Waals surface area contributed by atoms with Crippen molar-refractivity contribution >= 4 is 17.7 Å². The number of rotatable bonds is 2. The van der Waals surface area contributed by atoms with E-state index in [2.05, 4.69) is 5.32 Å². The molecule has 0 spiro atoms. The van der Waals surface area contributed by atoms with E-state index in [1.807, 2.05) is 0 Å². The molecule has 2 rings (SSSR count). The van der Waals surface area contributed by atoms with E-state index in [1.54, 1.807) is 0 Å². The van der Waals surface area contributed by atoms with Gasteiger partial charge in [-0.1, -0.05) is 0 Å². The Kier molecular flexibility index (Phi) is 3.64. The molecule has 1 aliphatic rings. The Labute approximate surface area is 107 Å². The number of amides is 2. The standard InChI is InChI=1S/C12H12F2N2O3/c13-8-1-2-9(14)10(5-8)15-12(19)16-4-3-7(6-16)11(17)18/h1-2,5,7H,3-4,6H2,(H,15,19)(H,17,18). The van der Waals surface area contributed by atoms with Crippen LogP contribution in [0, 0.1) is 17.6 Å². The average molecular weight is 270 g/mol. The third-order valence-electron chi connectivity index (χ3n) is 2.99. The Morgan fingerprint density at radius 1 is 1.37 bits per heavy atom. The van der Waals surface area contributed by atoms with Crippen LogP contribution in [0.15, 0.2) is 18.2 Å². The molecule has 1 aromatic rings. The van der Waals surface area contributed by atoms with Gasteiger partial charge in [-0.05, 0) is 18.6 Å². The molecule has 0 aromatic heterocycles. The van der Waals surface area contributed by atoms with Gasteiger partial charge in [-0.2, -0.15) is 0 Å². The minimum atomic E-state index is -0.966. The maximum absolute atomic E-state index is 13.3. The van der Waals surface area contributed by atoms with Crippen LogP contribution in [-0.2, 0) is 4.79 Å². The second-order valence-corrected chi connectivity index (χ2v) is 4.32. The van der Waals surface area contributed by atoms with Gasteiger partial charge in [0.15, 0.2) is 0 Å². The molecule has 5 nitrogen and oxygen atoms in total. The maximum Gasteiger partial charge on any atom is 0.321 e. The first-order valence-corrected chi connectivity index (χ1v) is 5.71. The van der Waals surface area contributed by atoms with Crippen molar-refractivity contribution in [2.24, 2.45) is 5.92 Å². The van der Waals surface area contributed by atoms with Crippen molar-refractivity contribution in [2.75, 3.05) is 18.4 Å². The summed E-state index contributed by atoms with van der Waals surface area (Å²) >= 11 is 0. The number of carbonyl (C=O) groups excluding carboxylic acids is 1. The number of nitrogens with zero attached hydrogens (tertiary/aromatic N) is 1. The fraction of sp³-hybridized carbons (Fsp3) is 0.333. The van der Waals surface area contributed by atoms with Gasteiger partial charge in [-0.3, -0.25) is 4.79 Å². The van der Waals surface area contributed by atoms with Crippen molar-refractivity contribution in [2.45, 2.75) is 6.42 Å². The number of hydrogen-bond acceptors (Lipinski definition) is 2.